The van der Waals surface area contributed by atoms with Crippen LogP contribution in [0.3, 0.4) is 0 Å². The van der Waals surface area contributed by atoms with E-state index in [1.54, 1.807) is 34.0 Å². The number of amides is 3. The summed E-state index contributed by atoms with van der Waals surface area (Å²) in [6.45, 7) is 14.1. The summed E-state index contributed by atoms with van der Waals surface area (Å²) in [7, 11) is 0. The SMILES string of the molecule is CSC(=O)[C@H](C)NC(=O)[C@@H](NC(=O)C(C)(C)CC(C)(C)N1C(=O)CC(C(C)N)C1O)C(C)C. The van der Waals surface area contributed by atoms with Crippen molar-refractivity contribution in [2.75, 3.05) is 6.26 Å². The van der Waals surface area contributed by atoms with Gasteiger partial charge < -0.3 is 26.4 Å². The number of carbonyl (C=O) groups is 4. The van der Waals surface area contributed by atoms with E-state index < -0.39 is 35.2 Å². The van der Waals surface area contributed by atoms with E-state index in [0.29, 0.717) is 0 Å². The van der Waals surface area contributed by atoms with Crippen molar-refractivity contribution in [2.45, 2.75) is 98.1 Å². The lowest BCUT2D eigenvalue weighted by atomic mass is 9.78. The van der Waals surface area contributed by atoms with Gasteiger partial charge in [-0.3, -0.25) is 19.2 Å². The number of rotatable bonds is 10. The van der Waals surface area contributed by atoms with Crippen molar-refractivity contribution in [3.63, 3.8) is 0 Å². The molecule has 10 heteroatoms. The first kappa shape index (κ1) is 29.4. The highest BCUT2D eigenvalue weighted by Gasteiger charge is 2.49. The Morgan fingerprint density at radius 1 is 1.15 bits per heavy atom. The molecule has 0 aromatic heterocycles. The molecule has 1 saturated heterocycles. The number of nitrogens with one attached hydrogen (secondary N) is 2. The van der Waals surface area contributed by atoms with E-state index in [2.05, 4.69) is 10.6 Å². The van der Waals surface area contributed by atoms with E-state index in [4.69, 9.17) is 5.73 Å². The molecule has 0 spiro atoms. The summed E-state index contributed by atoms with van der Waals surface area (Å²) in [5.74, 6) is -1.54. The molecule has 5 atom stereocenters. The lowest BCUT2D eigenvalue weighted by Crippen LogP contribution is -2.57. The summed E-state index contributed by atoms with van der Waals surface area (Å²) >= 11 is 1.03. The van der Waals surface area contributed by atoms with Crippen LogP contribution in [0.1, 0.15) is 68.2 Å². The number of aliphatic hydroxyl groups excluding tert-OH is 1. The van der Waals surface area contributed by atoms with Crippen LogP contribution in [0.4, 0.5) is 0 Å². The van der Waals surface area contributed by atoms with E-state index in [1.165, 1.54) is 4.90 Å². The molecule has 0 aromatic rings. The number of thioether (sulfide) groups is 1. The molecule has 1 aliphatic heterocycles. The predicted octanol–water partition coefficient (Wildman–Crippen LogP) is 1.23. The smallest absolute Gasteiger partial charge is 0.243 e. The summed E-state index contributed by atoms with van der Waals surface area (Å²) in [5.41, 5.74) is 4.16. The molecular weight excluding hydrogens is 444 g/mol. The summed E-state index contributed by atoms with van der Waals surface area (Å²) < 4.78 is 0. The number of hydrogen-bond donors (Lipinski definition) is 4. The fourth-order valence-corrected chi connectivity index (χ4v) is 4.97. The Hall–Kier alpha value is -1.65. The first-order valence-electron chi connectivity index (χ1n) is 11.4. The van der Waals surface area contributed by atoms with Crippen LogP contribution in [0.5, 0.6) is 0 Å². The molecule has 190 valence electrons. The van der Waals surface area contributed by atoms with Crippen molar-refractivity contribution in [1.29, 1.82) is 0 Å². The van der Waals surface area contributed by atoms with E-state index in [9.17, 15) is 24.3 Å². The van der Waals surface area contributed by atoms with Crippen molar-refractivity contribution in [3.8, 4) is 0 Å². The minimum atomic E-state index is -1.02. The summed E-state index contributed by atoms with van der Waals surface area (Å²) in [4.78, 5) is 51.9. The van der Waals surface area contributed by atoms with Gasteiger partial charge in [0.05, 0.1) is 6.04 Å². The highest BCUT2D eigenvalue weighted by Crippen LogP contribution is 2.39. The quantitative estimate of drug-likeness (QED) is 0.364. The Morgan fingerprint density at radius 3 is 2.12 bits per heavy atom. The zero-order chi connectivity index (χ0) is 25.9. The molecule has 1 heterocycles. The maximum Gasteiger partial charge on any atom is 0.243 e. The molecule has 0 radical (unpaired) electrons. The first-order valence-corrected chi connectivity index (χ1v) is 12.6. The van der Waals surface area contributed by atoms with Gasteiger partial charge in [-0.2, -0.15) is 0 Å². The fraction of sp³-hybridized carbons (Fsp3) is 0.826. The topological polar surface area (TPSA) is 142 Å². The molecule has 9 nitrogen and oxygen atoms in total. The molecule has 3 amide bonds. The summed E-state index contributed by atoms with van der Waals surface area (Å²) in [6.07, 6.45) is 1.05. The van der Waals surface area contributed by atoms with Gasteiger partial charge in [0.1, 0.15) is 12.3 Å². The summed E-state index contributed by atoms with van der Waals surface area (Å²) in [5, 5.41) is 16.1. The zero-order valence-corrected chi connectivity index (χ0v) is 22.2. The molecule has 3 unspecified atom stereocenters. The van der Waals surface area contributed by atoms with Crippen molar-refractivity contribution in [3.05, 3.63) is 0 Å². The van der Waals surface area contributed by atoms with Gasteiger partial charge in [-0.1, -0.05) is 39.5 Å². The van der Waals surface area contributed by atoms with Crippen LogP contribution in [-0.2, 0) is 19.2 Å². The van der Waals surface area contributed by atoms with Gasteiger partial charge in [-0.25, -0.2) is 0 Å². The van der Waals surface area contributed by atoms with Crippen LogP contribution in [0.2, 0.25) is 0 Å². The number of nitrogens with two attached hydrogens (primary N) is 1. The molecule has 0 aliphatic carbocycles. The van der Waals surface area contributed by atoms with E-state index in [-0.39, 0.29) is 47.6 Å². The Morgan fingerprint density at radius 2 is 1.70 bits per heavy atom. The Labute approximate surface area is 202 Å². The number of hydrogen-bond acceptors (Lipinski definition) is 7. The van der Waals surface area contributed by atoms with Crippen molar-refractivity contribution < 1.29 is 24.3 Å². The van der Waals surface area contributed by atoms with Crippen LogP contribution in [-0.4, -0.2) is 69.0 Å². The number of nitrogens with zero attached hydrogens (tertiary/aromatic N) is 1. The average Bonchev–Trinajstić information content (AvgIpc) is 2.98. The lowest BCUT2D eigenvalue weighted by molar-refractivity contribution is -0.148. The van der Waals surface area contributed by atoms with Gasteiger partial charge in [0.15, 0.2) is 0 Å². The lowest BCUT2D eigenvalue weighted by Gasteiger charge is -2.43. The number of aliphatic hydroxyl groups is 1. The molecule has 1 aliphatic rings. The Bertz CT molecular complexity index is 753. The van der Waals surface area contributed by atoms with Crippen molar-refractivity contribution >= 4 is 34.6 Å². The van der Waals surface area contributed by atoms with Gasteiger partial charge in [0.25, 0.3) is 0 Å². The molecule has 33 heavy (non-hydrogen) atoms. The first-order chi connectivity index (χ1) is 15.0. The van der Waals surface area contributed by atoms with Crippen LogP contribution in [0.15, 0.2) is 0 Å². The highest BCUT2D eigenvalue weighted by atomic mass is 32.2. The molecule has 0 bridgehead atoms. The zero-order valence-electron chi connectivity index (χ0n) is 21.4. The van der Waals surface area contributed by atoms with Crippen molar-refractivity contribution in [2.24, 2.45) is 23.0 Å². The second-order valence-corrected chi connectivity index (χ2v) is 11.5. The molecule has 0 saturated carbocycles. The normalized spacial score (nSPS) is 22.2. The average molecular weight is 487 g/mol. The fourth-order valence-electron chi connectivity index (χ4n) is 4.55. The Kier molecular flexibility index (Phi) is 9.96. The summed E-state index contributed by atoms with van der Waals surface area (Å²) in [6, 6.07) is -1.83. The highest BCUT2D eigenvalue weighted by molar-refractivity contribution is 8.13. The molecule has 0 aromatic carbocycles. The third-order valence-electron chi connectivity index (χ3n) is 6.29. The molecule has 5 N–H and O–H groups in total. The van der Waals surface area contributed by atoms with Gasteiger partial charge in [0, 0.05) is 29.3 Å². The third-order valence-corrected chi connectivity index (χ3v) is 7.05. The largest absolute Gasteiger partial charge is 0.373 e. The Balaban J connectivity index is 2.98. The van der Waals surface area contributed by atoms with Crippen LogP contribution in [0, 0.1) is 17.3 Å². The second kappa shape index (κ2) is 11.2. The predicted molar refractivity (Wildman–Crippen MR) is 130 cm³/mol. The number of carbonyl (C=O) groups excluding carboxylic acids is 4. The second-order valence-electron chi connectivity index (χ2n) is 10.7. The van der Waals surface area contributed by atoms with Gasteiger partial charge in [0.2, 0.25) is 22.8 Å². The van der Waals surface area contributed by atoms with Crippen molar-refractivity contribution in [1.82, 2.24) is 15.5 Å². The van der Waals surface area contributed by atoms with Gasteiger partial charge in [-0.15, -0.1) is 0 Å². The molecule has 1 rings (SSSR count). The van der Waals surface area contributed by atoms with Gasteiger partial charge in [-0.05, 0) is 46.3 Å². The standard InChI is InChI=1S/C23H42N4O5S/c1-12(2)17(18(29)25-14(4)20(31)33-9)26-21(32)22(5,6)11-23(7,8)27-16(28)10-15(13(3)24)19(27)30/h12-15,17,19,30H,10-11,24H2,1-9H3,(H,25,29)(H,26,32)/t13?,14-,15?,17-,19?/m0/s1. The van der Waals surface area contributed by atoms with Crippen LogP contribution in [0.25, 0.3) is 0 Å². The maximum atomic E-state index is 13.2. The monoisotopic (exact) mass is 486 g/mol. The molecular formula is C23H42N4O5S. The van der Waals surface area contributed by atoms with Gasteiger partial charge >= 0.3 is 0 Å². The van der Waals surface area contributed by atoms with E-state index >= 15 is 0 Å². The van der Waals surface area contributed by atoms with Crippen LogP contribution < -0.4 is 16.4 Å². The maximum absolute atomic E-state index is 13.2. The molecule has 1 fully saturated rings. The van der Waals surface area contributed by atoms with Crippen LogP contribution >= 0.6 is 11.8 Å². The minimum absolute atomic E-state index is 0.164. The number of likely N-dealkylation sites (tertiary alicyclic amines) is 1. The van der Waals surface area contributed by atoms with E-state index in [0.717, 1.165) is 11.8 Å². The van der Waals surface area contributed by atoms with E-state index in [1.807, 2.05) is 27.7 Å². The third kappa shape index (κ3) is 7.16. The minimum Gasteiger partial charge on any atom is -0.373 e.